The monoisotopic (exact) mass is 498 g/mol. The molecule has 1 aliphatic heterocycles. The Morgan fingerprint density at radius 2 is 0.857 bits per heavy atom. The van der Waals surface area contributed by atoms with Crippen molar-refractivity contribution in [1.82, 2.24) is 20.0 Å². The van der Waals surface area contributed by atoms with E-state index in [1.54, 1.807) is 0 Å². The molecule has 0 aromatic heterocycles. The molecule has 1 aliphatic rings. The fraction of sp³-hybridized carbons (Fsp3) is 1.00. The first-order chi connectivity index (χ1) is 12.2. The van der Waals surface area contributed by atoms with Gasteiger partial charge in [0.1, 0.15) is 0 Å². The molecule has 12 nitrogen and oxygen atoms in total. The predicted molar refractivity (Wildman–Crippen MR) is 74.6 cm³/mol. The van der Waals surface area contributed by atoms with E-state index in [0.717, 1.165) is 13.1 Å². The van der Waals surface area contributed by atoms with E-state index in [1.165, 1.54) is 52.1 Å². The van der Waals surface area contributed by atoms with Crippen LogP contribution in [0.1, 0.15) is 12.8 Å². The van der Waals surface area contributed by atoms with Crippen molar-refractivity contribution in [2.45, 2.75) is 12.8 Å². The first kappa shape index (κ1) is 33.2. The summed E-state index contributed by atoms with van der Waals surface area (Å²) in [4.78, 5) is 7.32. The minimum Gasteiger partial charge on any atom is -0.315 e. The van der Waals surface area contributed by atoms with Crippen LogP contribution in [0, 0.1) is 20.5 Å². The van der Waals surface area contributed by atoms with E-state index in [0.29, 0.717) is 0 Å². The van der Waals surface area contributed by atoms with Crippen molar-refractivity contribution < 1.29 is 74.2 Å². The van der Waals surface area contributed by atoms with Crippen molar-refractivity contribution in [3.05, 3.63) is 0 Å². The molecule has 0 bridgehead atoms. The maximum atomic E-state index is 8.49. The Morgan fingerprint density at radius 1 is 0.536 bits per heavy atom. The van der Waals surface area contributed by atoms with Gasteiger partial charge < -0.3 is 20.0 Å². The van der Waals surface area contributed by atoms with Crippen LogP contribution in [0.15, 0.2) is 0 Å². The van der Waals surface area contributed by atoms with E-state index in [1.807, 2.05) is 0 Å². The second-order valence-corrected chi connectivity index (χ2v) is 7.63. The summed E-state index contributed by atoms with van der Waals surface area (Å²) in [6, 6.07) is 0. The van der Waals surface area contributed by atoms with Crippen molar-refractivity contribution in [3.8, 4) is 0 Å². The standard InChI is InChI=1S/C13H30N4.2ClHO4.Ni/c1-15-9-5-10-17(3)13-12-16(2)8-4-6-14-7-11-15;2*2-1(3,4)5;/h14H,4-13H2,1-3H3;2*(H,2,3,4,5);/q;;;+2/p-2. The Hall–Kier alpha value is 0.594. The number of rotatable bonds is 0. The quantitative estimate of drug-likeness (QED) is 0.308. The van der Waals surface area contributed by atoms with Gasteiger partial charge in [-0.2, -0.15) is 0 Å². The van der Waals surface area contributed by atoms with Crippen LogP contribution in [0.25, 0.3) is 0 Å². The molecule has 0 aliphatic carbocycles. The van der Waals surface area contributed by atoms with Crippen molar-refractivity contribution in [2.75, 3.05) is 73.5 Å². The zero-order valence-electron chi connectivity index (χ0n) is 16.3. The third-order valence-corrected chi connectivity index (χ3v) is 3.51. The van der Waals surface area contributed by atoms with Gasteiger partial charge in [0.25, 0.3) is 0 Å². The molecule has 15 heteroatoms. The first-order valence-corrected chi connectivity index (χ1v) is 10.6. The maximum absolute atomic E-state index is 8.49. The molecule has 1 N–H and O–H groups in total. The summed E-state index contributed by atoms with van der Waals surface area (Å²) in [7, 11) is -3.20. The number of halogens is 2. The first-order valence-electron chi connectivity index (χ1n) is 8.18. The van der Waals surface area contributed by atoms with Gasteiger partial charge in [0, 0.05) is 26.2 Å². The van der Waals surface area contributed by atoms with Gasteiger partial charge in [-0.05, 0) is 60.2 Å². The molecule has 0 atom stereocenters. The van der Waals surface area contributed by atoms with Gasteiger partial charge in [-0.15, -0.1) is 20.5 Å². The predicted octanol–water partition coefficient (Wildman–Crippen LogP) is -9.35. The van der Waals surface area contributed by atoms with Crippen LogP contribution in [-0.4, -0.2) is 88.2 Å². The van der Waals surface area contributed by atoms with E-state index < -0.39 is 20.5 Å². The Kier molecular flexibility index (Phi) is 21.8. The molecule has 1 heterocycles. The number of nitrogens with one attached hydrogen (secondary N) is 1. The van der Waals surface area contributed by atoms with Crippen molar-refractivity contribution >= 4 is 0 Å². The van der Waals surface area contributed by atoms with Gasteiger partial charge in [-0.1, -0.05) is 0 Å². The Morgan fingerprint density at radius 3 is 1.25 bits per heavy atom. The summed E-state index contributed by atoms with van der Waals surface area (Å²) in [5.74, 6) is 0. The van der Waals surface area contributed by atoms with Gasteiger partial charge in [0.15, 0.2) is 0 Å². The average molecular weight is 500 g/mol. The number of hydrogen-bond donors (Lipinski definition) is 1. The molecule has 0 unspecified atom stereocenters. The molecule has 0 spiro atoms. The Labute approximate surface area is 180 Å². The van der Waals surface area contributed by atoms with Crippen LogP contribution >= 0.6 is 0 Å². The van der Waals surface area contributed by atoms with Crippen LogP contribution in [0.3, 0.4) is 0 Å². The molecule has 1 fully saturated rings. The molecule has 0 aromatic carbocycles. The van der Waals surface area contributed by atoms with Crippen molar-refractivity contribution in [3.63, 3.8) is 0 Å². The van der Waals surface area contributed by atoms with Crippen molar-refractivity contribution in [1.29, 1.82) is 0 Å². The molecular weight excluding hydrogens is 470 g/mol. The minimum absolute atomic E-state index is 0. The van der Waals surface area contributed by atoms with Crippen LogP contribution in [0.4, 0.5) is 0 Å². The van der Waals surface area contributed by atoms with E-state index in [-0.39, 0.29) is 16.5 Å². The van der Waals surface area contributed by atoms with Gasteiger partial charge >= 0.3 is 16.5 Å². The molecule has 0 radical (unpaired) electrons. The number of hydrogen-bond acceptors (Lipinski definition) is 12. The molecular formula is C13H30Cl2N4NiO8. The SMILES string of the molecule is CN1CCCN(C)CCN(C)CCCNCC1.[Ni+2].[O-][Cl+3]([O-])([O-])[O-].[O-][Cl+3]([O-])([O-])[O-]. The Balaban J connectivity index is -0.000000473. The third-order valence-electron chi connectivity index (χ3n) is 3.51. The largest absolute Gasteiger partial charge is 2.00 e. The topological polar surface area (TPSA) is 206 Å². The summed E-state index contributed by atoms with van der Waals surface area (Å²) in [6.45, 7) is 9.44. The molecule has 1 rings (SSSR count). The minimum atomic E-state index is -4.94. The summed E-state index contributed by atoms with van der Waals surface area (Å²) in [5, 5.41) is 3.52. The van der Waals surface area contributed by atoms with E-state index in [2.05, 4.69) is 41.2 Å². The molecule has 0 amide bonds. The van der Waals surface area contributed by atoms with E-state index >= 15 is 0 Å². The summed E-state index contributed by atoms with van der Waals surface area (Å²) < 4.78 is 67.9. The number of nitrogens with zero attached hydrogens (tertiary/aromatic N) is 3. The summed E-state index contributed by atoms with van der Waals surface area (Å²) >= 11 is 0. The smallest absolute Gasteiger partial charge is 0.315 e. The second kappa shape index (κ2) is 18.4. The van der Waals surface area contributed by atoms with Gasteiger partial charge in [0.2, 0.25) is 0 Å². The molecule has 28 heavy (non-hydrogen) atoms. The Bertz CT molecular complexity index is 329. The average Bonchev–Trinajstić information content (AvgIpc) is 2.44. The van der Waals surface area contributed by atoms with E-state index in [9.17, 15) is 0 Å². The van der Waals surface area contributed by atoms with Gasteiger partial charge in [-0.25, -0.2) is 37.3 Å². The maximum Gasteiger partial charge on any atom is 2.00 e. The van der Waals surface area contributed by atoms with Crippen LogP contribution in [0.2, 0.25) is 0 Å². The summed E-state index contributed by atoms with van der Waals surface area (Å²) in [5.41, 5.74) is 0. The third kappa shape index (κ3) is 41.1. The molecule has 0 aromatic rings. The van der Waals surface area contributed by atoms with Crippen LogP contribution in [-0.2, 0) is 16.5 Å². The van der Waals surface area contributed by atoms with Gasteiger partial charge in [0.05, 0.1) is 0 Å². The fourth-order valence-corrected chi connectivity index (χ4v) is 2.16. The molecule has 0 saturated carbocycles. The second-order valence-electron chi connectivity index (χ2n) is 6.12. The van der Waals surface area contributed by atoms with Crippen molar-refractivity contribution in [2.24, 2.45) is 0 Å². The van der Waals surface area contributed by atoms with E-state index in [4.69, 9.17) is 37.3 Å². The number of likely N-dealkylation sites (N-methyl/N-ethyl adjacent to an activating group) is 3. The van der Waals surface area contributed by atoms with Crippen LogP contribution < -0.4 is 42.6 Å². The van der Waals surface area contributed by atoms with Gasteiger partial charge in [-0.3, -0.25) is 0 Å². The molecule has 1 saturated heterocycles. The fourth-order valence-electron chi connectivity index (χ4n) is 2.16. The zero-order valence-corrected chi connectivity index (χ0v) is 18.8. The molecule has 174 valence electrons. The van der Waals surface area contributed by atoms with Crippen LogP contribution in [0.5, 0.6) is 0 Å². The summed E-state index contributed by atoms with van der Waals surface area (Å²) in [6.07, 6.45) is 2.53. The zero-order chi connectivity index (χ0) is 21.5. The normalized spacial score (nSPS) is 19.8.